The summed E-state index contributed by atoms with van der Waals surface area (Å²) in [5.41, 5.74) is 3.51. The summed E-state index contributed by atoms with van der Waals surface area (Å²) in [6.07, 6.45) is 3.28. The maximum Gasteiger partial charge on any atom is 0.225 e. The Bertz CT molecular complexity index is 1690. The molecule has 0 amide bonds. The van der Waals surface area contributed by atoms with Crippen molar-refractivity contribution in [1.29, 1.82) is 10.5 Å². The standard InChI is InChI=1S/C33H32N8/c1-31(2,3)22-12-26(38-29(14-22)40-19-21(17-34)11-25(40)18-35)33(7,8)27-13-23(32(4,5)6)15-30(39-27)41-20-24(36-9)16-28(41)37-10/h11-16,19-20H,1-8H3. The summed E-state index contributed by atoms with van der Waals surface area (Å²) in [7, 11) is 0. The topological polar surface area (TPSA) is 91.9 Å². The van der Waals surface area contributed by atoms with Crippen LogP contribution in [0.4, 0.5) is 11.5 Å². The van der Waals surface area contributed by atoms with Crippen LogP contribution in [0.15, 0.2) is 48.8 Å². The van der Waals surface area contributed by atoms with Crippen LogP contribution in [-0.4, -0.2) is 19.1 Å². The van der Waals surface area contributed by atoms with E-state index in [1.807, 2.05) is 12.1 Å². The van der Waals surface area contributed by atoms with Crippen molar-refractivity contribution in [1.82, 2.24) is 19.1 Å². The highest BCUT2D eigenvalue weighted by atomic mass is 15.1. The average molecular weight is 541 g/mol. The number of aromatic nitrogens is 4. The van der Waals surface area contributed by atoms with Gasteiger partial charge in [0.1, 0.15) is 23.7 Å². The summed E-state index contributed by atoms with van der Waals surface area (Å²) in [5.74, 6) is 1.43. The Morgan fingerprint density at radius 1 is 0.683 bits per heavy atom. The molecule has 0 saturated heterocycles. The molecule has 0 atom stereocenters. The molecule has 8 nitrogen and oxygen atoms in total. The van der Waals surface area contributed by atoms with Crippen LogP contribution in [-0.2, 0) is 16.2 Å². The minimum Gasteiger partial charge on any atom is -0.365 e. The lowest BCUT2D eigenvalue weighted by Crippen LogP contribution is -2.26. The van der Waals surface area contributed by atoms with Gasteiger partial charge < -0.3 is 4.85 Å². The highest BCUT2D eigenvalue weighted by molar-refractivity contribution is 5.60. The van der Waals surface area contributed by atoms with Gasteiger partial charge in [0.2, 0.25) is 17.3 Å². The molecule has 4 aromatic heterocycles. The first-order valence-electron chi connectivity index (χ1n) is 13.2. The number of nitriles is 2. The molecule has 0 radical (unpaired) electrons. The number of pyridine rings is 2. The minimum absolute atomic E-state index is 0.219. The van der Waals surface area contributed by atoms with Crippen LogP contribution in [0.3, 0.4) is 0 Å². The van der Waals surface area contributed by atoms with Crippen molar-refractivity contribution in [2.24, 2.45) is 0 Å². The zero-order valence-corrected chi connectivity index (χ0v) is 24.7. The summed E-state index contributed by atoms with van der Waals surface area (Å²) < 4.78 is 3.33. The minimum atomic E-state index is -0.696. The number of hydrogen-bond acceptors (Lipinski definition) is 4. The van der Waals surface area contributed by atoms with Crippen molar-refractivity contribution in [3.8, 4) is 23.8 Å². The van der Waals surface area contributed by atoms with E-state index < -0.39 is 5.41 Å². The van der Waals surface area contributed by atoms with Crippen molar-refractivity contribution >= 4 is 11.5 Å². The second kappa shape index (κ2) is 10.1. The van der Waals surface area contributed by atoms with E-state index >= 15 is 0 Å². The van der Waals surface area contributed by atoms with Crippen LogP contribution >= 0.6 is 0 Å². The van der Waals surface area contributed by atoms with Gasteiger partial charge in [-0.05, 0) is 66.1 Å². The number of rotatable bonds is 4. The van der Waals surface area contributed by atoms with Gasteiger partial charge in [-0.1, -0.05) is 48.1 Å². The molecule has 0 saturated carbocycles. The molecule has 0 fully saturated rings. The largest absolute Gasteiger partial charge is 0.365 e. The van der Waals surface area contributed by atoms with Crippen LogP contribution in [0.5, 0.6) is 0 Å². The zero-order valence-electron chi connectivity index (χ0n) is 24.7. The lowest BCUT2D eigenvalue weighted by molar-refractivity contribution is 0.554. The first kappa shape index (κ1) is 28.8. The maximum atomic E-state index is 9.77. The normalized spacial score (nSPS) is 11.8. The van der Waals surface area contributed by atoms with Gasteiger partial charge in [-0.25, -0.2) is 14.8 Å². The Hall–Kier alpha value is -5.18. The Labute approximate surface area is 241 Å². The van der Waals surface area contributed by atoms with Crippen LogP contribution in [0, 0.1) is 35.8 Å². The molecule has 8 heteroatoms. The van der Waals surface area contributed by atoms with Crippen molar-refractivity contribution in [3.05, 3.63) is 105 Å². The van der Waals surface area contributed by atoms with Gasteiger partial charge in [-0.3, -0.25) is 9.13 Å². The van der Waals surface area contributed by atoms with Crippen molar-refractivity contribution in [2.75, 3.05) is 0 Å². The third-order valence-electron chi connectivity index (χ3n) is 7.22. The molecule has 0 aliphatic heterocycles. The summed E-state index contributed by atoms with van der Waals surface area (Å²) in [6, 6.07) is 15.5. The van der Waals surface area contributed by atoms with Gasteiger partial charge in [0.15, 0.2) is 0 Å². The van der Waals surface area contributed by atoms with Crippen molar-refractivity contribution < 1.29 is 0 Å². The molecule has 0 unspecified atom stereocenters. The summed E-state index contributed by atoms with van der Waals surface area (Å²) in [6.45, 7) is 31.9. The second-order valence-electron chi connectivity index (χ2n) is 12.7. The van der Waals surface area contributed by atoms with Crippen molar-refractivity contribution in [2.45, 2.75) is 71.6 Å². The van der Waals surface area contributed by atoms with Gasteiger partial charge in [-0.2, -0.15) is 10.5 Å². The van der Waals surface area contributed by atoms with E-state index in [9.17, 15) is 10.5 Å². The molecule has 41 heavy (non-hydrogen) atoms. The Balaban J connectivity index is 2.01. The van der Waals surface area contributed by atoms with Crippen LogP contribution < -0.4 is 0 Å². The summed E-state index contributed by atoms with van der Waals surface area (Å²) in [5, 5.41) is 19.2. The highest BCUT2D eigenvalue weighted by Crippen LogP contribution is 2.37. The molecule has 4 rings (SSSR count). The van der Waals surface area contributed by atoms with Gasteiger partial charge in [0.05, 0.1) is 29.7 Å². The van der Waals surface area contributed by atoms with E-state index in [4.69, 9.17) is 23.1 Å². The monoisotopic (exact) mass is 540 g/mol. The lowest BCUT2D eigenvalue weighted by atomic mass is 9.78. The molecule has 4 heterocycles. The smallest absolute Gasteiger partial charge is 0.225 e. The van der Waals surface area contributed by atoms with E-state index in [1.165, 1.54) is 0 Å². The molecule has 4 aromatic rings. The predicted molar refractivity (Wildman–Crippen MR) is 159 cm³/mol. The Morgan fingerprint density at radius 3 is 1.66 bits per heavy atom. The second-order valence-corrected chi connectivity index (χ2v) is 12.7. The van der Waals surface area contributed by atoms with E-state index in [0.29, 0.717) is 34.4 Å². The SMILES string of the molecule is [C-]#[N+]c1cc([N+]#[C-])n(-c2cc(C(C)(C)C)cc(C(C)(C)c3cc(C(C)(C)C)cc(-n4cc(C#N)cc4C#N)n3)n2)c1. The number of hydrogen-bond donors (Lipinski definition) is 0. The molecule has 0 N–H and O–H groups in total. The zero-order chi connectivity index (χ0) is 30.3. The Kier molecular flexibility index (Phi) is 7.09. The fraction of sp³-hybridized carbons (Fsp3) is 0.333. The lowest BCUT2D eigenvalue weighted by Gasteiger charge is -2.29. The summed E-state index contributed by atoms with van der Waals surface area (Å²) in [4.78, 5) is 17.2. The van der Waals surface area contributed by atoms with Gasteiger partial charge in [0, 0.05) is 17.7 Å². The van der Waals surface area contributed by atoms with Crippen LogP contribution in [0.25, 0.3) is 21.3 Å². The van der Waals surface area contributed by atoms with Crippen LogP contribution in [0.2, 0.25) is 0 Å². The molecule has 0 bridgehead atoms. The molecular formula is C33H32N8. The molecular weight excluding hydrogens is 508 g/mol. The predicted octanol–water partition coefficient (Wildman–Crippen LogP) is 7.82. The third-order valence-corrected chi connectivity index (χ3v) is 7.22. The van der Waals surface area contributed by atoms with Gasteiger partial charge in [-0.15, -0.1) is 0 Å². The van der Waals surface area contributed by atoms with Crippen LogP contribution in [0.1, 0.15) is 89.2 Å². The van der Waals surface area contributed by atoms with Gasteiger partial charge in [0.25, 0.3) is 0 Å². The Morgan fingerprint density at radius 2 is 1.22 bits per heavy atom. The third kappa shape index (κ3) is 5.47. The first-order valence-corrected chi connectivity index (χ1v) is 13.2. The van der Waals surface area contributed by atoms with E-state index in [-0.39, 0.29) is 10.8 Å². The van der Waals surface area contributed by atoms with E-state index in [0.717, 1.165) is 22.5 Å². The van der Waals surface area contributed by atoms with Crippen molar-refractivity contribution in [3.63, 3.8) is 0 Å². The number of nitrogens with zero attached hydrogens (tertiary/aromatic N) is 8. The summed E-state index contributed by atoms with van der Waals surface area (Å²) >= 11 is 0. The van der Waals surface area contributed by atoms with E-state index in [2.05, 4.69) is 89.4 Å². The van der Waals surface area contributed by atoms with E-state index in [1.54, 1.807) is 33.7 Å². The molecule has 0 spiro atoms. The molecule has 0 aliphatic rings. The molecule has 0 aliphatic carbocycles. The highest BCUT2D eigenvalue weighted by Gasteiger charge is 2.32. The average Bonchev–Trinajstić information content (AvgIpc) is 3.55. The first-order chi connectivity index (χ1) is 19.1. The fourth-order valence-electron chi connectivity index (χ4n) is 4.48. The van der Waals surface area contributed by atoms with Gasteiger partial charge >= 0.3 is 0 Å². The molecule has 204 valence electrons. The molecule has 0 aromatic carbocycles. The quantitative estimate of drug-likeness (QED) is 0.247. The maximum absolute atomic E-state index is 9.77. The fourth-order valence-corrected chi connectivity index (χ4v) is 4.48.